The molecule has 2 heterocycles. The molecule has 1 amide bonds. The highest BCUT2D eigenvalue weighted by molar-refractivity contribution is 7.99. The molecule has 2 aromatic heterocycles. The number of fused-ring (bicyclic) bond motifs is 1. The summed E-state index contributed by atoms with van der Waals surface area (Å²) in [5.74, 6) is 2.95. The molecule has 33 heavy (non-hydrogen) atoms. The highest BCUT2D eigenvalue weighted by atomic mass is 32.2. The molecule has 9 heteroatoms. The number of carbonyl (C=O) groups excluding carboxylic acids is 1. The summed E-state index contributed by atoms with van der Waals surface area (Å²) >= 11 is 3.23. The summed E-state index contributed by atoms with van der Waals surface area (Å²) in [6.07, 6.45) is 3.45. The third kappa shape index (κ3) is 5.04. The summed E-state index contributed by atoms with van der Waals surface area (Å²) in [7, 11) is 3.16. The van der Waals surface area contributed by atoms with Crippen LogP contribution in [0.3, 0.4) is 0 Å². The number of hydrogen-bond acceptors (Lipinski definition) is 7. The molecular formula is C24H30N4O3S2. The molecule has 0 bridgehead atoms. The van der Waals surface area contributed by atoms with Crippen molar-refractivity contribution in [3.8, 4) is 22.9 Å². The number of thiophene rings is 1. The third-order valence-corrected chi connectivity index (χ3v) is 7.83. The van der Waals surface area contributed by atoms with Crippen LogP contribution in [-0.4, -0.2) is 40.6 Å². The molecule has 1 aliphatic carbocycles. The van der Waals surface area contributed by atoms with E-state index in [2.05, 4.69) is 46.2 Å². The number of anilines is 1. The van der Waals surface area contributed by atoms with Crippen LogP contribution in [0.1, 0.15) is 43.7 Å². The van der Waals surface area contributed by atoms with Gasteiger partial charge in [0.05, 0.1) is 25.7 Å². The molecule has 0 radical (unpaired) electrons. The Balaban J connectivity index is 1.50. The first-order chi connectivity index (χ1) is 15.9. The van der Waals surface area contributed by atoms with E-state index in [1.54, 1.807) is 32.4 Å². The number of thioether (sulfide) groups is 1. The summed E-state index contributed by atoms with van der Waals surface area (Å²) in [6.45, 7) is 6.57. The maximum atomic E-state index is 12.7. The van der Waals surface area contributed by atoms with E-state index in [1.807, 2.05) is 11.3 Å². The Morgan fingerprint density at radius 2 is 2.12 bits per heavy atom. The number of aromatic nitrogens is 3. The van der Waals surface area contributed by atoms with Crippen LogP contribution < -0.4 is 14.8 Å². The minimum Gasteiger partial charge on any atom is -0.497 e. The molecule has 7 nitrogen and oxygen atoms in total. The number of methoxy groups -OCH3 is 2. The lowest BCUT2D eigenvalue weighted by Gasteiger charge is -2.19. The minimum absolute atomic E-state index is 0.134. The quantitative estimate of drug-likeness (QED) is 0.426. The molecule has 1 unspecified atom stereocenters. The van der Waals surface area contributed by atoms with Gasteiger partial charge in [-0.2, -0.15) is 0 Å². The molecule has 0 saturated carbocycles. The first-order valence-corrected chi connectivity index (χ1v) is 13.0. The number of rotatable bonds is 8. The molecular weight excluding hydrogens is 456 g/mol. The van der Waals surface area contributed by atoms with Crippen LogP contribution in [0.15, 0.2) is 28.7 Å². The summed E-state index contributed by atoms with van der Waals surface area (Å²) < 4.78 is 12.7. The number of nitrogens with one attached hydrogen (secondary N) is 1. The SMILES string of the molecule is COc1ccc(NC(=O)CSc2nnc(-c3csc4c3CCC(C)C4)n2C(C)C)c(OC)c1. The standard InChI is InChI=1S/C24H30N4O3S2/c1-14(2)28-23(18-12-32-21-10-15(3)6-8-17(18)21)26-27-24(28)33-13-22(29)25-19-9-7-16(30-4)11-20(19)31-5/h7,9,11-12,14-15H,6,8,10,13H2,1-5H3,(H,25,29). The zero-order valence-electron chi connectivity index (χ0n) is 19.7. The van der Waals surface area contributed by atoms with Gasteiger partial charge >= 0.3 is 0 Å². The van der Waals surface area contributed by atoms with Crippen molar-refractivity contribution in [2.75, 3.05) is 25.3 Å². The Kier molecular flexibility index (Phi) is 7.29. The maximum absolute atomic E-state index is 12.7. The van der Waals surface area contributed by atoms with E-state index in [0.29, 0.717) is 17.2 Å². The second kappa shape index (κ2) is 10.2. The predicted octanol–water partition coefficient (Wildman–Crippen LogP) is 5.46. The fourth-order valence-electron chi connectivity index (χ4n) is 4.11. The number of ether oxygens (including phenoxy) is 2. The van der Waals surface area contributed by atoms with E-state index in [4.69, 9.17) is 9.47 Å². The fourth-order valence-corrected chi connectivity index (χ4v) is 6.22. The summed E-state index contributed by atoms with van der Waals surface area (Å²) in [5.41, 5.74) is 3.23. The molecule has 4 rings (SSSR count). The molecule has 0 saturated heterocycles. The van der Waals surface area contributed by atoms with E-state index in [1.165, 1.54) is 34.2 Å². The van der Waals surface area contributed by atoms with E-state index in [0.717, 1.165) is 29.7 Å². The van der Waals surface area contributed by atoms with E-state index >= 15 is 0 Å². The van der Waals surface area contributed by atoms with Crippen molar-refractivity contribution >= 4 is 34.7 Å². The lowest BCUT2D eigenvalue weighted by molar-refractivity contribution is -0.113. The summed E-state index contributed by atoms with van der Waals surface area (Å²) in [4.78, 5) is 14.1. The fraction of sp³-hybridized carbons (Fsp3) is 0.458. The van der Waals surface area contributed by atoms with Gasteiger partial charge in [-0.15, -0.1) is 21.5 Å². The van der Waals surface area contributed by atoms with Gasteiger partial charge in [-0.25, -0.2) is 0 Å². The zero-order chi connectivity index (χ0) is 23.5. The Morgan fingerprint density at radius 3 is 2.85 bits per heavy atom. The molecule has 0 fully saturated rings. The molecule has 1 N–H and O–H groups in total. The number of hydrogen-bond donors (Lipinski definition) is 1. The topological polar surface area (TPSA) is 78.3 Å². The van der Waals surface area contributed by atoms with Crippen molar-refractivity contribution in [2.45, 2.75) is 51.2 Å². The van der Waals surface area contributed by atoms with Crippen molar-refractivity contribution in [1.29, 1.82) is 0 Å². The van der Waals surface area contributed by atoms with Gasteiger partial charge < -0.3 is 14.8 Å². The Bertz CT molecular complexity index is 1140. The van der Waals surface area contributed by atoms with Gasteiger partial charge in [-0.1, -0.05) is 18.7 Å². The third-order valence-electron chi connectivity index (χ3n) is 5.84. The van der Waals surface area contributed by atoms with Gasteiger partial charge in [-0.05, 0) is 56.7 Å². The Morgan fingerprint density at radius 1 is 1.30 bits per heavy atom. The van der Waals surface area contributed by atoms with Gasteiger partial charge in [0.15, 0.2) is 11.0 Å². The van der Waals surface area contributed by atoms with Gasteiger partial charge in [0.25, 0.3) is 0 Å². The maximum Gasteiger partial charge on any atom is 0.234 e. The average Bonchev–Trinajstić information content (AvgIpc) is 3.41. The van der Waals surface area contributed by atoms with Crippen molar-refractivity contribution in [1.82, 2.24) is 14.8 Å². The van der Waals surface area contributed by atoms with E-state index in [9.17, 15) is 4.79 Å². The smallest absolute Gasteiger partial charge is 0.234 e. The first-order valence-electron chi connectivity index (χ1n) is 11.1. The largest absolute Gasteiger partial charge is 0.497 e. The van der Waals surface area contributed by atoms with Crippen molar-refractivity contribution < 1.29 is 14.3 Å². The number of benzene rings is 1. The minimum atomic E-state index is -0.134. The number of carbonyl (C=O) groups is 1. The number of amides is 1. The van der Waals surface area contributed by atoms with E-state index in [-0.39, 0.29) is 17.7 Å². The summed E-state index contributed by atoms with van der Waals surface area (Å²) in [6, 6.07) is 5.48. The monoisotopic (exact) mass is 486 g/mol. The van der Waals surface area contributed by atoms with Crippen molar-refractivity contribution in [3.05, 3.63) is 34.0 Å². The highest BCUT2D eigenvalue weighted by Gasteiger charge is 2.25. The van der Waals surface area contributed by atoms with Gasteiger partial charge in [-0.3, -0.25) is 9.36 Å². The average molecular weight is 487 g/mol. The van der Waals surface area contributed by atoms with Crippen LogP contribution in [0, 0.1) is 5.92 Å². The molecule has 0 aliphatic heterocycles. The van der Waals surface area contributed by atoms with Crippen LogP contribution in [0.5, 0.6) is 11.5 Å². The lowest BCUT2D eigenvalue weighted by atomic mass is 9.88. The zero-order valence-corrected chi connectivity index (χ0v) is 21.3. The van der Waals surface area contributed by atoms with Crippen LogP contribution in [-0.2, 0) is 17.6 Å². The van der Waals surface area contributed by atoms with Crippen molar-refractivity contribution in [3.63, 3.8) is 0 Å². The first kappa shape index (κ1) is 23.6. The number of nitrogens with zero attached hydrogens (tertiary/aromatic N) is 3. The van der Waals surface area contributed by atoms with Gasteiger partial charge in [0.1, 0.15) is 11.5 Å². The normalized spacial score (nSPS) is 15.4. The van der Waals surface area contributed by atoms with Crippen LogP contribution in [0.25, 0.3) is 11.4 Å². The van der Waals surface area contributed by atoms with Crippen LogP contribution >= 0.6 is 23.1 Å². The second-order valence-electron chi connectivity index (χ2n) is 8.57. The molecule has 1 atom stereocenters. The van der Waals surface area contributed by atoms with Gasteiger partial charge in [0.2, 0.25) is 5.91 Å². The summed E-state index contributed by atoms with van der Waals surface area (Å²) in [5, 5.41) is 14.9. The molecule has 1 aliphatic rings. The highest BCUT2D eigenvalue weighted by Crippen LogP contribution is 2.39. The van der Waals surface area contributed by atoms with E-state index < -0.39 is 0 Å². The second-order valence-corrected chi connectivity index (χ2v) is 10.5. The molecule has 0 spiro atoms. The van der Waals surface area contributed by atoms with Crippen LogP contribution in [0.2, 0.25) is 0 Å². The predicted molar refractivity (Wildman–Crippen MR) is 134 cm³/mol. The Labute approximate surface area is 202 Å². The Hall–Kier alpha value is -2.52. The van der Waals surface area contributed by atoms with Crippen molar-refractivity contribution in [2.24, 2.45) is 5.92 Å². The molecule has 1 aromatic carbocycles. The molecule has 176 valence electrons. The lowest BCUT2D eigenvalue weighted by Crippen LogP contribution is -2.15. The van der Waals surface area contributed by atoms with Gasteiger partial charge in [0, 0.05) is 27.9 Å². The van der Waals surface area contributed by atoms with Crippen LogP contribution in [0.4, 0.5) is 5.69 Å². The molecule has 3 aromatic rings.